The van der Waals surface area contributed by atoms with Crippen LogP contribution in [0.1, 0.15) is 36.0 Å². The molecule has 44 heavy (non-hydrogen) atoms. The van der Waals surface area contributed by atoms with Crippen LogP contribution in [0.25, 0.3) is 0 Å². The molecule has 0 spiro atoms. The Morgan fingerprint density at radius 3 is 2.55 bits per heavy atom. The smallest absolute Gasteiger partial charge is 0.407 e. The zero-order valence-corrected chi connectivity index (χ0v) is 26.1. The van der Waals surface area contributed by atoms with Gasteiger partial charge in [0.1, 0.15) is 11.8 Å². The highest BCUT2D eigenvalue weighted by molar-refractivity contribution is 6.31. The zero-order valence-electron chi connectivity index (χ0n) is 24.6. The van der Waals surface area contributed by atoms with Crippen molar-refractivity contribution in [1.29, 1.82) is 0 Å². The Kier molecular flexibility index (Phi) is 10.6. The summed E-state index contributed by atoms with van der Waals surface area (Å²) in [5.74, 6) is 0.470. The molecular weight excluding hydrogens is 603 g/mol. The van der Waals surface area contributed by atoms with Gasteiger partial charge in [-0.1, -0.05) is 53.5 Å². The van der Waals surface area contributed by atoms with E-state index >= 15 is 0 Å². The third kappa shape index (κ3) is 8.22. The second-order valence-corrected chi connectivity index (χ2v) is 11.8. The first-order valence-electron chi connectivity index (χ1n) is 14.7. The Morgan fingerprint density at radius 1 is 1.05 bits per heavy atom. The van der Waals surface area contributed by atoms with Crippen molar-refractivity contribution >= 4 is 46.8 Å². The third-order valence-corrected chi connectivity index (χ3v) is 8.32. The lowest BCUT2D eigenvalue weighted by atomic mass is 10.1. The van der Waals surface area contributed by atoms with E-state index in [1.807, 2.05) is 59.5 Å². The van der Waals surface area contributed by atoms with Gasteiger partial charge in [-0.2, -0.15) is 0 Å². The van der Waals surface area contributed by atoms with E-state index in [1.165, 1.54) is 7.11 Å². The average molecular weight is 640 g/mol. The molecule has 9 nitrogen and oxygen atoms in total. The number of alkyl carbamates (subject to hydrolysis) is 1. The molecule has 3 amide bonds. The number of rotatable bonds is 12. The number of aryl methyl sites for hydroxylation is 1. The molecule has 1 saturated heterocycles. The molecule has 1 saturated carbocycles. The molecular formula is C33H36Cl2N4O5. The molecule has 1 heterocycles. The van der Waals surface area contributed by atoms with Gasteiger partial charge in [0, 0.05) is 41.4 Å². The lowest BCUT2D eigenvalue weighted by Gasteiger charge is -2.38. The number of hydrogen-bond acceptors (Lipinski definition) is 6. The number of amides is 3. The van der Waals surface area contributed by atoms with Crippen molar-refractivity contribution in [3.63, 3.8) is 0 Å². The molecule has 0 aromatic heterocycles. The number of benzene rings is 3. The average Bonchev–Trinajstić information content (AvgIpc) is 3.87. The molecule has 232 valence electrons. The molecule has 2 aliphatic rings. The summed E-state index contributed by atoms with van der Waals surface area (Å²) in [6.45, 7) is 1.65. The zero-order chi connectivity index (χ0) is 31.1. The second-order valence-electron chi connectivity index (χ2n) is 11.0. The van der Waals surface area contributed by atoms with Crippen molar-refractivity contribution in [1.82, 2.24) is 15.5 Å². The number of nitrogens with zero attached hydrogens (tertiary/aromatic N) is 2. The Hall–Kier alpha value is -3.79. The van der Waals surface area contributed by atoms with Crippen LogP contribution in [0.3, 0.4) is 0 Å². The summed E-state index contributed by atoms with van der Waals surface area (Å²) in [6, 6.07) is 20.0. The van der Waals surface area contributed by atoms with Crippen molar-refractivity contribution in [3.05, 3.63) is 93.5 Å². The van der Waals surface area contributed by atoms with Gasteiger partial charge in [-0.05, 0) is 78.8 Å². The van der Waals surface area contributed by atoms with Crippen LogP contribution >= 0.6 is 23.2 Å². The fourth-order valence-corrected chi connectivity index (χ4v) is 5.65. The highest BCUT2D eigenvalue weighted by Crippen LogP contribution is 2.32. The van der Waals surface area contributed by atoms with Crippen LogP contribution in [0.2, 0.25) is 10.0 Å². The highest BCUT2D eigenvalue weighted by atomic mass is 35.5. The van der Waals surface area contributed by atoms with E-state index < -0.39 is 12.1 Å². The lowest BCUT2D eigenvalue weighted by Crippen LogP contribution is -2.61. The Bertz CT molecular complexity index is 1480. The number of halogens is 2. The fraction of sp³-hybridized carbons (Fsp3) is 0.364. The highest BCUT2D eigenvalue weighted by Gasteiger charge is 2.41. The molecule has 1 aliphatic heterocycles. The van der Waals surface area contributed by atoms with Gasteiger partial charge in [0.2, 0.25) is 11.8 Å². The number of methoxy groups -OCH3 is 1. The van der Waals surface area contributed by atoms with E-state index in [-0.39, 0.29) is 30.9 Å². The minimum atomic E-state index is -0.684. The van der Waals surface area contributed by atoms with Crippen LogP contribution in [0.15, 0.2) is 66.7 Å². The summed E-state index contributed by atoms with van der Waals surface area (Å²) in [6.07, 6.45) is 2.90. The molecule has 3 aromatic rings. The first-order chi connectivity index (χ1) is 21.3. The number of piperazine rings is 1. The molecule has 2 fully saturated rings. The Labute approximate surface area is 267 Å². The quantitative estimate of drug-likeness (QED) is 0.259. The van der Waals surface area contributed by atoms with E-state index in [0.29, 0.717) is 35.4 Å². The summed E-state index contributed by atoms with van der Waals surface area (Å²) in [5, 5.41) is 6.96. The monoisotopic (exact) mass is 638 g/mol. The van der Waals surface area contributed by atoms with Crippen LogP contribution in [-0.2, 0) is 33.8 Å². The lowest BCUT2D eigenvalue weighted by molar-refractivity contribution is -0.136. The van der Waals surface area contributed by atoms with E-state index in [0.717, 1.165) is 48.1 Å². The Morgan fingerprint density at radius 2 is 1.82 bits per heavy atom. The largest absolute Gasteiger partial charge is 0.494 e. The molecule has 2 N–H and O–H groups in total. The molecule has 1 aliphatic carbocycles. The van der Waals surface area contributed by atoms with Crippen LogP contribution < -0.4 is 20.3 Å². The predicted molar refractivity (Wildman–Crippen MR) is 170 cm³/mol. The van der Waals surface area contributed by atoms with Gasteiger partial charge in [-0.3, -0.25) is 14.5 Å². The van der Waals surface area contributed by atoms with Gasteiger partial charge in [-0.25, -0.2) is 4.79 Å². The third-order valence-electron chi connectivity index (χ3n) is 7.71. The maximum Gasteiger partial charge on any atom is 0.407 e. The van der Waals surface area contributed by atoms with Crippen molar-refractivity contribution in [2.45, 2.75) is 50.9 Å². The van der Waals surface area contributed by atoms with E-state index in [4.69, 9.17) is 27.9 Å². The number of nitrogens with one attached hydrogen (secondary N) is 2. The number of carbonyl (C=O) groups is 3. The minimum Gasteiger partial charge on any atom is -0.494 e. The van der Waals surface area contributed by atoms with Crippen LogP contribution in [-0.4, -0.2) is 61.7 Å². The fourth-order valence-electron chi connectivity index (χ4n) is 5.29. The van der Waals surface area contributed by atoms with Gasteiger partial charge in [0.25, 0.3) is 0 Å². The SMILES string of the molecule is COC(=O)NCc1ccc(Cl)c(CN(C(=O)[C@H]2CNCC(=O)N2c2ccc(CCCOc3cccc(Cl)c3)cc2)C2CC2)c1. The summed E-state index contributed by atoms with van der Waals surface area (Å²) in [5.41, 5.74) is 3.43. The van der Waals surface area contributed by atoms with Gasteiger partial charge in [0.05, 0.1) is 20.3 Å². The summed E-state index contributed by atoms with van der Waals surface area (Å²) < 4.78 is 10.5. The minimum absolute atomic E-state index is 0.0887. The maximum absolute atomic E-state index is 14.1. The first-order valence-corrected chi connectivity index (χ1v) is 15.5. The van der Waals surface area contributed by atoms with Crippen LogP contribution in [0.4, 0.5) is 10.5 Å². The maximum atomic E-state index is 14.1. The standard InChI is InChI=1S/C33H36Cl2N4O5/c1-43-33(42)37-18-23-9-14-29(35)24(16-23)21-38(26-12-13-26)32(41)30-19-36-20-31(40)39(30)27-10-7-22(8-11-27)4-3-15-44-28-6-2-5-25(34)17-28/h2,5-11,14,16-17,26,30,36H,3-4,12-13,15,18-21H2,1H3,(H,37,42)/t30-/m1/s1. The summed E-state index contributed by atoms with van der Waals surface area (Å²) in [7, 11) is 1.31. The van der Waals surface area contributed by atoms with Gasteiger partial charge in [0.15, 0.2) is 0 Å². The summed E-state index contributed by atoms with van der Waals surface area (Å²) >= 11 is 12.6. The molecule has 1 atom stereocenters. The number of carbonyl (C=O) groups excluding carboxylic acids is 3. The van der Waals surface area contributed by atoms with E-state index in [1.54, 1.807) is 17.0 Å². The van der Waals surface area contributed by atoms with E-state index in [9.17, 15) is 14.4 Å². The molecule has 11 heteroatoms. The van der Waals surface area contributed by atoms with Gasteiger partial charge < -0.3 is 25.0 Å². The van der Waals surface area contributed by atoms with Crippen molar-refractivity contribution in [3.8, 4) is 5.75 Å². The summed E-state index contributed by atoms with van der Waals surface area (Å²) in [4.78, 5) is 42.3. The molecule has 0 bridgehead atoms. The van der Waals surface area contributed by atoms with E-state index in [2.05, 4.69) is 15.4 Å². The topological polar surface area (TPSA) is 100 Å². The normalized spacial score (nSPS) is 16.4. The molecule has 0 unspecified atom stereocenters. The van der Waals surface area contributed by atoms with Crippen LogP contribution in [0, 0.1) is 0 Å². The second kappa shape index (κ2) is 14.8. The van der Waals surface area contributed by atoms with Crippen molar-refractivity contribution < 1.29 is 23.9 Å². The van der Waals surface area contributed by atoms with Crippen molar-refractivity contribution in [2.24, 2.45) is 0 Å². The van der Waals surface area contributed by atoms with Gasteiger partial charge >= 0.3 is 6.09 Å². The Balaban J connectivity index is 1.25. The number of ether oxygens (including phenoxy) is 2. The van der Waals surface area contributed by atoms with Crippen molar-refractivity contribution in [2.75, 3.05) is 31.7 Å². The number of anilines is 1. The number of hydrogen-bond donors (Lipinski definition) is 2. The molecule has 3 aromatic carbocycles. The predicted octanol–water partition coefficient (Wildman–Crippen LogP) is 5.36. The van der Waals surface area contributed by atoms with Gasteiger partial charge in [-0.15, -0.1) is 0 Å². The molecule has 5 rings (SSSR count). The first kappa shape index (κ1) is 31.6. The molecule has 0 radical (unpaired) electrons. The van der Waals surface area contributed by atoms with Crippen LogP contribution in [0.5, 0.6) is 5.75 Å².